The van der Waals surface area contributed by atoms with Crippen molar-refractivity contribution in [1.29, 1.82) is 0 Å². The molecule has 2 aliphatic rings. The van der Waals surface area contributed by atoms with Gasteiger partial charge in [0.1, 0.15) is 0 Å². The number of terminal acetylenes is 1. The average molecular weight is 332 g/mol. The molecule has 25 heavy (non-hydrogen) atoms. The van der Waals surface area contributed by atoms with Crippen LogP contribution in [0.5, 0.6) is 0 Å². The van der Waals surface area contributed by atoms with E-state index in [0.717, 1.165) is 0 Å². The van der Waals surface area contributed by atoms with Gasteiger partial charge in [-0.15, -0.1) is 6.42 Å². The standard InChI is InChI=1S/C13H10N2O3.C7H6/c1-3-10-4-5-12(17)15(7-10)8-11(16)13-9(2)6-14-18-13;1-2-6-4-7(3-1)5-6/h1,4-7H,8H2,2H3;1-4H,5H2. The fourth-order valence-corrected chi connectivity index (χ4v) is 2.48. The first-order valence-corrected chi connectivity index (χ1v) is 7.76. The second kappa shape index (κ2) is 7.02. The number of aryl methyl sites for hydroxylation is 1. The Hall–Kier alpha value is -3.39. The maximum Gasteiger partial charge on any atom is 0.251 e. The SMILES string of the molecule is C#Cc1ccc(=O)n(CC(=O)c2oncc2C)c1.c1cc2cc(c1)C2. The first-order chi connectivity index (χ1) is 12.1. The molecule has 0 unspecified atom stereocenters. The van der Waals surface area contributed by atoms with Gasteiger partial charge < -0.3 is 9.09 Å². The topological polar surface area (TPSA) is 65.1 Å². The van der Waals surface area contributed by atoms with E-state index in [2.05, 4.69) is 35.3 Å². The van der Waals surface area contributed by atoms with E-state index in [4.69, 9.17) is 10.9 Å². The van der Waals surface area contributed by atoms with Crippen LogP contribution in [0.2, 0.25) is 0 Å². The number of benzene rings is 1. The Morgan fingerprint density at radius 2 is 2.04 bits per heavy atom. The third kappa shape index (κ3) is 3.75. The van der Waals surface area contributed by atoms with Crippen molar-refractivity contribution in [3.8, 4) is 12.3 Å². The van der Waals surface area contributed by atoms with Crippen LogP contribution in [-0.2, 0) is 13.0 Å². The van der Waals surface area contributed by atoms with Crippen LogP contribution in [0, 0.1) is 19.3 Å². The van der Waals surface area contributed by atoms with Crippen molar-refractivity contribution in [2.24, 2.45) is 0 Å². The van der Waals surface area contributed by atoms with Crippen molar-refractivity contribution in [3.05, 3.63) is 87.2 Å². The molecule has 1 aromatic carbocycles. The quantitative estimate of drug-likeness (QED) is 0.427. The van der Waals surface area contributed by atoms with Gasteiger partial charge in [-0.3, -0.25) is 9.59 Å². The number of hydrogen-bond acceptors (Lipinski definition) is 4. The summed E-state index contributed by atoms with van der Waals surface area (Å²) < 4.78 is 6.09. The molecule has 0 radical (unpaired) electrons. The van der Waals surface area contributed by atoms with Gasteiger partial charge in [0.25, 0.3) is 5.56 Å². The molecule has 0 saturated carbocycles. The third-order valence-electron chi connectivity index (χ3n) is 3.87. The maximum atomic E-state index is 11.9. The second-order valence-electron chi connectivity index (χ2n) is 5.79. The summed E-state index contributed by atoms with van der Waals surface area (Å²) in [6.07, 6.45) is 9.37. The predicted molar refractivity (Wildman–Crippen MR) is 93.5 cm³/mol. The molecule has 3 aromatic rings. The van der Waals surface area contributed by atoms with Crippen molar-refractivity contribution in [2.45, 2.75) is 19.9 Å². The molecule has 2 bridgehead atoms. The van der Waals surface area contributed by atoms with E-state index in [0.29, 0.717) is 11.1 Å². The monoisotopic (exact) mass is 332 g/mol. The van der Waals surface area contributed by atoms with Crippen LogP contribution >= 0.6 is 0 Å². The van der Waals surface area contributed by atoms with Gasteiger partial charge in [0, 0.05) is 23.4 Å². The number of pyridine rings is 1. The van der Waals surface area contributed by atoms with Gasteiger partial charge >= 0.3 is 0 Å². The van der Waals surface area contributed by atoms with Crippen LogP contribution in [0.3, 0.4) is 0 Å². The van der Waals surface area contributed by atoms with E-state index in [1.165, 1.54) is 46.6 Å². The number of rotatable bonds is 3. The van der Waals surface area contributed by atoms with E-state index in [1.54, 1.807) is 6.92 Å². The smallest absolute Gasteiger partial charge is 0.251 e. The zero-order valence-electron chi connectivity index (χ0n) is 13.7. The summed E-state index contributed by atoms with van der Waals surface area (Å²) in [5.41, 5.74) is 3.85. The second-order valence-corrected chi connectivity index (χ2v) is 5.79. The lowest BCUT2D eigenvalue weighted by molar-refractivity contribution is 0.0934. The molecule has 5 rings (SSSR count). The number of nitrogens with zero attached hydrogens (tertiary/aromatic N) is 2. The Balaban J connectivity index is 0.000000213. The van der Waals surface area contributed by atoms with Crippen molar-refractivity contribution < 1.29 is 9.32 Å². The van der Waals surface area contributed by atoms with Gasteiger partial charge in [-0.1, -0.05) is 35.3 Å². The Kier molecular flexibility index (Phi) is 4.62. The molecule has 0 amide bonds. The molecule has 5 heteroatoms. The van der Waals surface area contributed by atoms with E-state index < -0.39 is 0 Å². The highest BCUT2D eigenvalue weighted by molar-refractivity contribution is 5.94. The van der Waals surface area contributed by atoms with Gasteiger partial charge in [0.15, 0.2) is 0 Å². The van der Waals surface area contributed by atoms with Crippen molar-refractivity contribution in [3.63, 3.8) is 0 Å². The number of hydrogen-bond donors (Lipinski definition) is 0. The Labute approximate surface area is 144 Å². The molecule has 0 spiro atoms. The molecular weight excluding hydrogens is 316 g/mol. The lowest BCUT2D eigenvalue weighted by Gasteiger charge is -2.11. The van der Waals surface area contributed by atoms with Crippen molar-refractivity contribution >= 4 is 5.78 Å². The number of ketones is 1. The van der Waals surface area contributed by atoms with Crippen LogP contribution in [0.25, 0.3) is 0 Å². The molecule has 0 saturated heterocycles. The molecule has 2 aliphatic carbocycles. The highest BCUT2D eigenvalue weighted by Crippen LogP contribution is 2.18. The molecule has 2 heterocycles. The van der Waals surface area contributed by atoms with Gasteiger partial charge in [0.05, 0.1) is 12.7 Å². The highest BCUT2D eigenvalue weighted by Gasteiger charge is 2.15. The summed E-state index contributed by atoms with van der Waals surface area (Å²) >= 11 is 0. The van der Waals surface area contributed by atoms with E-state index in [-0.39, 0.29) is 23.6 Å². The normalized spacial score (nSPS) is 10.9. The zero-order chi connectivity index (χ0) is 17.8. The Bertz CT molecular complexity index is 997. The third-order valence-corrected chi connectivity index (χ3v) is 3.87. The number of Topliss-reactive ketones (excluding diaryl/α,β-unsaturated/α-hetero) is 1. The summed E-state index contributed by atoms with van der Waals surface area (Å²) in [5.74, 6) is 2.25. The van der Waals surface area contributed by atoms with Gasteiger partial charge in [-0.25, -0.2) is 0 Å². The van der Waals surface area contributed by atoms with Crippen LogP contribution in [-0.4, -0.2) is 15.5 Å². The summed E-state index contributed by atoms with van der Waals surface area (Å²) in [5, 5.41) is 3.53. The summed E-state index contributed by atoms with van der Waals surface area (Å²) in [4.78, 5) is 23.5. The number of aromatic nitrogens is 2. The number of carbonyl (C=O) groups excluding carboxylic acids is 1. The summed E-state index contributed by atoms with van der Waals surface area (Å²) in [6, 6.07) is 11.5. The molecule has 5 nitrogen and oxygen atoms in total. The largest absolute Gasteiger partial charge is 0.353 e. The number of carbonyl (C=O) groups is 1. The van der Waals surface area contributed by atoms with Gasteiger partial charge in [0.2, 0.25) is 11.5 Å². The van der Waals surface area contributed by atoms with E-state index >= 15 is 0 Å². The molecule has 0 aliphatic heterocycles. The van der Waals surface area contributed by atoms with Crippen LogP contribution in [0.1, 0.15) is 32.8 Å². The van der Waals surface area contributed by atoms with E-state index in [9.17, 15) is 9.59 Å². The lowest BCUT2D eigenvalue weighted by atomic mass is 9.94. The minimum absolute atomic E-state index is 0.121. The van der Waals surface area contributed by atoms with Gasteiger partial charge in [-0.2, -0.15) is 0 Å². The highest BCUT2D eigenvalue weighted by atomic mass is 16.5. The summed E-state index contributed by atoms with van der Waals surface area (Å²) in [6.45, 7) is 1.59. The zero-order valence-corrected chi connectivity index (χ0v) is 13.7. The maximum absolute atomic E-state index is 11.9. The van der Waals surface area contributed by atoms with Crippen molar-refractivity contribution in [2.75, 3.05) is 0 Å². The van der Waals surface area contributed by atoms with Gasteiger partial charge in [-0.05, 0) is 30.5 Å². The predicted octanol–water partition coefficient (Wildman–Crippen LogP) is 2.60. The molecule has 0 fully saturated rings. The Morgan fingerprint density at radius 3 is 2.52 bits per heavy atom. The van der Waals surface area contributed by atoms with E-state index in [1.807, 2.05) is 0 Å². The first-order valence-electron chi connectivity index (χ1n) is 7.76. The molecule has 2 aromatic heterocycles. The number of fused-ring (bicyclic) bond motifs is 2. The fraction of sp³-hybridized carbons (Fsp3) is 0.150. The first kappa shape index (κ1) is 16.5. The minimum atomic E-state index is -0.318. The molecule has 0 N–H and O–H groups in total. The molecular formula is C20H16N2O3. The lowest BCUT2D eigenvalue weighted by Crippen LogP contribution is -2.23. The summed E-state index contributed by atoms with van der Waals surface area (Å²) in [7, 11) is 0. The van der Waals surface area contributed by atoms with Crippen LogP contribution in [0.4, 0.5) is 0 Å². The molecule has 0 atom stereocenters. The van der Waals surface area contributed by atoms with Crippen molar-refractivity contribution in [1.82, 2.24) is 9.72 Å². The molecule has 124 valence electrons. The average Bonchev–Trinajstić information content (AvgIpc) is 3.04. The minimum Gasteiger partial charge on any atom is -0.353 e. The fourth-order valence-electron chi connectivity index (χ4n) is 2.48. The van der Waals surface area contributed by atoms with Crippen LogP contribution < -0.4 is 5.56 Å². The Morgan fingerprint density at radius 1 is 1.32 bits per heavy atom. The van der Waals surface area contributed by atoms with Crippen LogP contribution in [0.15, 0.2) is 58.1 Å².